The van der Waals surface area contributed by atoms with Crippen LogP contribution < -0.4 is 10.6 Å². The molecule has 0 unspecified atom stereocenters. The van der Waals surface area contributed by atoms with Crippen LogP contribution in [-0.2, 0) is 6.30 Å². The molecule has 4 rings (SSSR count). The van der Waals surface area contributed by atoms with E-state index in [0.717, 1.165) is 0 Å². The van der Waals surface area contributed by atoms with Gasteiger partial charge in [-0.05, 0) is 37.8 Å². The molecular formula is C19H18ClF5N6O. The number of amides is 1. The van der Waals surface area contributed by atoms with E-state index in [0.29, 0.717) is 43.3 Å². The Labute approximate surface area is 183 Å². The molecule has 1 saturated carbocycles. The molecule has 7 nitrogen and oxygen atoms in total. The third kappa shape index (κ3) is 4.64. The molecular weight excluding hydrogens is 459 g/mol. The lowest BCUT2D eigenvalue weighted by atomic mass is 9.91. The van der Waals surface area contributed by atoms with Crippen LogP contribution in [0.4, 0.5) is 27.8 Å². The summed E-state index contributed by atoms with van der Waals surface area (Å²) in [6.45, 7) is 0. The highest BCUT2D eigenvalue weighted by atomic mass is 35.5. The predicted octanol–water partition coefficient (Wildman–Crippen LogP) is 4.75. The first kappa shape index (κ1) is 22.3. The van der Waals surface area contributed by atoms with E-state index < -0.39 is 23.8 Å². The lowest BCUT2D eigenvalue weighted by molar-refractivity contribution is -0.212. The molecule has 0 aliphatic heterocycles. The Bertz CT molecular complexity index is 1120. The monoisotopic (exact) mass is 476 g/mol. The molecule has 1 fully saturated rings. The van der Waals surface area contributed by atoms with Crippen LogP contribution in [0.2, 0.25) is 5.15 Å². The number of fused-ring (bicyclic) bond motifs is 1. The van der Waals surface area contributed by atoms with Gasteiger partial charge in [-0.1, -0.05) is 17.7 Å². The Morgan fingerprint density at radius 2 is 1.81 bits per heavy atom. The molecule has 0 radical (unpaired) electrons. The molecule has 3 aromatic heterocycles. The van der Waals surface area contributed by atoms with Crippen molar-refractivity contribution in [2.45, 2.75) is 50.5 Å². The van der Waals surface area contributed by atoms with E-state index in [9.17, 15) is 26.7 Å². The van der Waals surface area contributed by atoms with E-state index in [1.54, 1.807) is 22.6 Å². The standard InChI is InChI=1S/C19H18ClF5N6O/c20-16-12(8-31(29-16)19(23,24)25)18(32)27-11-6-4-10(5-7-11)26-14-2-1-3-15-28-13(17(21)22)9-30(14)15/h1-3,8-11,17,26H,4-7H2,(H,27,32)/t10-,11+. The molecule has 0 aromatic carbocycles. The average molecular weight is 477 g/mol. The fraction of sp³-hybridized carbons (Fsp3) is 0.421. The smallest absolute Gasteiger partial charge is 0.368 e. The van der Waals surface area contributed by atoms with Crippen molar-refractivity contribution in [2.75, 3.05) is 5.32 Å². The first-order chi connectivity index (χ1) is 15.1. The van der Waals surface area contributed by atoms with Crippen LogP contribution in [-0.4, -0.2) is 37.2 Å². The van der Waals surface area contributed by atoms with Gasteiger partial charge in [-0.2, -0.15) is 9.78 Å². The number of imidazole rings is 1. The quantitative estimate of drug-likeness (QED) is 0.521. The Morgan fingerprint density at radius 3 is 2.44 bits per heavy atom. The van der Waals surface area contributed by atoms with Gasteiger partial charge in [-0.15, -0.1) is 13.2 Å². The van der Waals surface area contributed by atoms with Crippen molar-refractivity contribution in [3.63, 3.8) is 0 Å². The second kappa shape index (κ2) is 8.57. The topological polar surface area (TPSA) is 76.2 Å². The number of aromatic nitrogens is 4. The maximum atomic E-state index is 13.0. The highest BCUT2D eigenvalue weighted by Gasteiger charge is 2.34. The van der Waals surface area contributed by atoms with Crippen LogP contribution in [0, 0.1) is 0 Å². The van der Waals surface area contributed by atoms with E-state index >= 15 is 0 Å². The Hall–Kier alpha value is -2.89. The van der Waals surface area contributed by atoms with Crippen molar-refractivity contribution in [3.05, 3.63) is 47.0 Å². The maximum absolute atomic E-state index is 13.0. The van der Waals surface area contributed by atoms with E-state index in [-0.39, 0.29) is 28.0 Å². The predicted molar refractivity (Wildman–Crippen MR) is 106 cm³/mol. The summed E-state index contributed by atoms with van der Waals surface area (Å²) >= 11 is 5.69. The summed E-state index contributed by atoms with van der Waals surface area (Å²) in [4.78, 5) is 16.2. The normalized spacial score (nSPS) is 19.5. The van der Waals surface area contributed by atoms with Crippen molar-refractivity contribution in [3.8, 4) is 0 Å². The van der Waals surface area contributed by atoms with E-state index in [4.69, 9.17) is 11.6 Å². The van der Waals surface area contributed by atoms with Gasteiger partial charge >= 0.3 is 6.30 Å². The van der Waals surface area contributed by atoms with Crippen LogP contribution >= 0.6 is 11.6 Å². The second-order valence-corrected chi connectivity index (χ2v) is 7.88. The number of pyridine rings is 1. The second-order valence-electron chi connectivity index (χ2n) is 7.52. The van der Waals surface area contributed by atoms with E-state index in [1.165, 1.54) is 6.20 Å². The van der Waals surface area contributed by atoms with Crippen LogP contribution in [0.1, 0.15) is 48.2 Å². The van der Waals surface area contributed by atoms with Gasteiger partial charge in [0, 0.05) is 24.5 Å². The summed E-state index contributed by atoms with van der Waals surface area (Å²) in [6.07, 6.45) is -3.10. The zero-order valence-corrected chi connectivity index (χ0v) is 17.2. The lowest BCUT2D eigenvalue weighted by Gasteiger charge is -2.30. The minimum atomic E-state index is -4.76. The number of halogens is 6. The van der Waals surface area contributed by atoms with Gasteiger partial charge in [0.15, 0.2) is 5.15 Å². The average Bonchev–Trinajstić information content (AvgIpc) is 3.34. The van der Waals surface area contributed by atoms with Crippen molar-refractivity contribution in [2.24, 2.45) is 0 Å². The number of nitrogens with one attached hydrogen (secondary N) is 2. The fourth-order valence-electron chi connectivity index (χ4n) is 3.74. The summed E-state index contributed by atoms with van der Waals surface area (Å²) in [6, 6.07) is 4.91. The van der Waals surface area contributed by atoms with Gasteiger partial charge < -0.3 is 10.6 Å². The zero-order valence-electron chi connectivity index (χ0n) is 16.4. The lowest BCUT2D eigenvalue weighted by Crippen LogP contribution is -2.40. The number of anilines is 1. The summed E-state index contributed by atoms with van der Waals surface area (Å²) in [5, 5.41) is 8.62. The fourth-order valence-corrected chi connectivity index (χ4v) is 3.96. The third-order valence-corrected chi connectivity index (χ3v) is 5.60. The SMILES string of the molecule is O=C(N[C@H]1CC[C@@H](Nc2cccc3nc(C(F)F)cn23)CC1)c1cn(C(F)(F)F)nc1Cl. The van der Waals surface area contributed by atoms with Gasteiger partial charge in [0.2, 0.25) is 0 Å². The third-order valence-electron chi connectivity index (χ3n) is 5.32. The number of hydrogen-bond acceptors (Lipinski definition) is 4. The Balaban J connectivity index is 1.35. The number of alkyl halides is 5. The zero-order chi connectivity index (χ0) is 23.0. The molecule has 1 aliphatic rings. The summed E-state index contributed by atoms with van der Waals surface area (Å²) in [5.74, 6) is -0.0923. The first-order valence-corrected chi connectivity index (χ1v) is 10.2. The molecule has 3 heterocycles. The number of rotatable bonds is 5. The first-order valence-electron chi connectivity index (χ1n) is 9.77. The Kier molecular flexibility index (Phi) is 5.97. The van der Waals surface area contributed by atoms with E-state index in [2.05, 4.69) is 20.7 Å². The largest absolute Gasteiger partial charge is 0.504 e. The highest BCUT2D eigenvalue weighted by Crippen LogP contribution is 2.27. The molecule has 2 N–H and O–H groups in total. The molecule has 32 heavy (non-hydrogen) atoms. The van der Waals surface area contributed by atoms with Crippen molar-refractivity contribution < 1.29 is 26.7 Å². The molecule has 0 spiro atoms. The van der Waals surface area contributed by atoms with Crippen molar-refractivity contribution >= 4 is 29.0 Å². The molecule has 0 saturated heterocycles. The molecule has 1 amide bonds. The number of carbonyl (C=O) groups excluding carboxylic acids is 1. The highest BCUT2D eigenvalue weighted by molar-refractivity contribution is 6.32. The van der Waals surface area contributed by atoms with Crippen molar-refractivity contribution in [1.82, 2.24) is 24.5 Å². The summed E-state index contributed by atoms with van der Waals surface area (Å²) in [7, 11) is 0. The molecule has 13 heteroatoms. The van der Waals surface area contributed by atoms with Crippen LogP contribution in [0.5, 0.6) is 0 Å². The van der Waals surface area contributed by atoms with Crippen LogP contribution in [0.15, 0.2) is 30.6 Å². The van der Waals surface area contributed by atoms with Gasteiger partial charge in [0.25, 0.3) is 12.3 Å². The van der Waals surface area contributed by atoms with Gasteiger partial charge in [-0.3, -0.25) is 9.20 Å². The summed E-state index contributed by atoms with van der Waals surface area (Å²) in [5.41, 5.74) is -0.244. The minimum absolute atomic E-state index is 0.0303. The molecule has 3 aromatic rings. The minimum Gasteiger partial charge on any atom is -0.368 e. The van der Waals surface area contributed by atoms with Gasteiger partial charge in [0.1, 0.15) is 17.2 Å². The number of hydrogen-bond donors (Lipinski definition) is 2. The maximum Gasteiger partial charge on any atom is 0.504 e. The summed E-state index contributed by atoms with van der Waals surface area (Å²) < 4.78 is 65.3. The van der Waals surface area contributed by atoms with Gasteiger partial charge in [-0.25, -0.2) is 13.8 Å². The van der Waals surface area contributed by atoms with Crippen molar-refractivity contribution in [1.29, 1.82) is 0 Å². The molecule has 0 atom stereocenters. The molecule has 172 valence electrons. The van der Waals surface area contributed by atoms with E-state index in [1.807, 2.05) is 0 Å². The van der Waals surface area contributed by atoms with Gasteiger partial charge in [0.05, 0.1) is 5.56 Å². The molecule has 1 aliphatic carbocycles. The number of nitrogens with zero attached hydrogens (tertiary/aromatic N) is 4. The van der Waals surface area contributed by atoms with Crippen LogP contribution in [0.25, 0.3) is 5.65 Å². The van der Waals surface area contributed by atoms with Crippen LogP contribution in [0.3, 0.4) is 0 Å². The molecule has 0 bridgehead atoms. The number of carbonyl (C=O) groups is 1. The Morgan fingerprint density at radius 1 is 1.12 bits per heavy atom.